The maximum atomic E-state index is 12.3. The van der Waals surface area contributed by atoms with Crippen molar-refractivity contribution < 1.29 is 18.3 Å². The molecule has 0 aromatic heterocycles. The van der Waals surface area contributed by atoms with Crippen molar-refractivity contribution in [1.29, 1.82) is 0 Å². The lowest BCUT2D eigenvalue weighted by Gasteiger charge is -2.44. The van der Waals surface area contributed by atoms with E-state index in [9.17, 15) is 18.3 Å². The Morgan fingerprint density at radius 1 is 1.45 bits per heavy atom. The Morgan fingerprint density at radius 3 is 2.50 bits per heavy atom. The first kappa shape index (κ1) is 14.8. The first-order valence-corrected chi connectivity index (χ1v) is 7.55. The molecule has 1 amide bonds. The molecule has 1 saturated heterocycles. The number of aliphatic hydroxyl groups is 1. The summed E-state index contributed by atoms with van der Waals surface area (Å²) in [4.78, 5) is 10.9. The third-order valence-electron chi connectivity index (χ3n) is 3.51. The van der Waals surface area contributed by atoms with Gasteiger partial charge in [0.2, 0.25) is 15.9 Å². The van der Waals surface area contributed by atoms with Crippen LogP contribution in [-0.4, -0.2) is 42.4 Å². The van der Waals surface area contributed by atoms with E-state index >= 15 is 0 Å². The third-order valence-corrected chi connectivity index (χ3v) is 5.38. The van der Waals surface area contributed by atoms with E-state index in [2.05, 4.69) is 0 Å². The van der Waals surface area contributed by atoms with Crippen LogP contribution in [0.4, 0.5) is 5.69 Å². The van der Waals surface area contributed by atoms with Crippen LogP contribution >= 0.6 is 0 Å². The molecular formula is C12H17N3O4S. The second-order valence-corrected chi connectivity index (χ2v) is 6.87. The average Bonchev–Trinajstić information content (AvgIpc) is 2.34. The van der Waals surface area contributed by atoms with Gasteiger partial charge < -0.3 is 16.6 Å². The number of anilines is 1. The number of hydrogen-bond donors (Lipinski definition) is 3. The molecule has 2 rings (SSSR count). The molecule has 1 fully saturated rings. The zero-order valence-corrected chi connectivity index (χ0v) is 11.9. The molecule has 0 saturated carbocycles. The normalized spacial score (nSPS) is 18.5. The van der Waals surface area contributed by atoms with Crippen molar-refractivity contribution in [3.05, 3.63) is 23.8 Å². The van der Waals surface area contributed by atoms with Gasteiger partial charge in [0.1, 0.15) is 4.90 Å². The fraction of sp³-hybridized carbons (Fsp3) is 0.417. The van der Waals surface area contributed by atoms with Gasteiger partial charge in [0.15, 0.2) is 0 Å². The Hall–Kier alpha value is -1.64. The van der Waals surface area contributed by atoms with Crippen molar-refractivity contribution in [3.63, 3.8) is 0 Å². The number of benzene rings is 1. The zero-order valence-electron chi connectivity index (χ0n) is 11.0. The first-order valence-electron chi connectivity index (χ1n) is 6.11. The summed E-state index contributed by atoms with van der Waals surface area (Å²) in [6.07, 6.45) is 0.481. The second-order valence-electron chi connectivity index (χ2n) is 4.97. The number of carbonyl (C=O) groups excluding carboxylic acids is 1. The number of rotatable bonds is 4. The summed E-state index contributed by atoms with van der Waals surface area (Å²) in [5.41, 5.74) is 9.94. The quantitative estimate of drug-likeness (QED) is 0.647. The number of nitrogens with two attached hydrogens (primary N) is 2. The number of primary amides is 1. The molecule has 0 atom stereocenters. The fourth-order valence-electron chi connectivity index (χ4n) is 2.08. The molecule has 1 aliphatic rings. The molecule has 1 aromatic rings. The molecule has 0 bridgehead atoms. The van der Waals surface area contributed by atoms with E-state index in [1.54, 1.807) is 6.92 Å². The number of hydrogen-bond acceptors (Lipinski definition) is 5. The van der Waals surface area contributed by atoms with Gasteiger partial charge in [-0.1, -0.05) is 6.92 Å². The van der Waals surface area contributed by atoms with Gasteiger partial charge in [-0.15, -0.1) is 0 Å². The zero-order chi connectivity index (χ0) is 15.1. The highest BCUT2D eigenvalue weighted by Crippen LogP contribution is 2.32. The van der Waals surface area contributed by atoms with E-state index in [1.165, 1.54) is 18.2 Å². The fourth-order valence-corrected chi connectivity index (χ4v) is 3.78. The smallest absolute Gasteiger partial charge is 0.248 e. The van der Waals surface area contributed by atoms with Crippen molar-refractivity contribution in [2.45, 2.75) is 23.8 Å². The van der Waals surface area contributed by atoms with Crippen LogP contribution in [0.2, 0.25) is 0 Å². The van der Waals surface area contributed by atoms with Gasteiger partial charge in [-0.2, -0.15) is 4.31 Å². The van der Waals surface area contributed by atoms with Crippen LogP contribution in [0.25, 0.3) is 0 Å². The number of carbonyl (C=O) groups is 1. The standard InChI is InChI=1S/C12H17N3O4S/c1-2-12(17)6-15(7-12)20(18,19)10-4-3-8(11(14)16)5-9(10)13/h3-5,17H,2,6-7,13H2,1H3,(H2,14,16). The van der Waals surface area contributed by atoms with Gasteiger partial charge in [0.25, 0.3) is 0 Å². The van der Waals surface area contributed by atoms with Gasteiger partial charge in [-0.3, -0.25) is 4.79 Å². The predicted molar refractivity (Wildman–Crippen MR) is 73.4 cm³/mol. The van der Waals surface area contributed by atoms with E-state index in [-0.39, 0.29) is 29.2 Å². The van der Waals surface area contributed by atoms with Crippen molar-refractivity contribution in [2.24, 2.45) is 5.73 Å². The summed E-state index contributed by atoms with van der Waals surface area (Å²) in [5.74, 6) is -0.676. The molecule has 8 heteroatoms. The van der Waals surface area contributed by atoms with E-state index in [4.69, 9.17) is 11.5 Å². The van der Waals surface area contributed by atoms with Crippen molar-refractivity contribution in [1.82, 2.24) is 4.31 Å². The number of nitrogen functional groups attached to an aromatic ring is 1. The van der Waals surface area contributed by atoms with Crippen molar-refractivity contribution in [2.75, 3.05) is 18.8 Å². The first-order chi connectivity index (χ1) is 9.19. The molecule has 0 spiro atoms. The maximum absolute atomic E-state index is 12.3. The minimum atomic E-state index is -3.76. The Morgan fingerprint density at radius 2 is 2.05 bits per heavy atom. The van der Waals surface area contributed by atoms with E-state index in [0.717, 1.165) is 4.31 Å². The Balaban J connectivity index is 2.30. The van der Waals surface area contributed by atoms with Gasteiger partial charge in [0, 0.05) is 18.7 Å². The van der Waals surface area contributed by atoms with Gasteiger partial charge in [-0.25, -0.2) is 8.42 Å². The highest BCUT2D eigenvalue weighted by atomic mass is 32.2. The highest BCUT2D eigenvalue weighted by molar-refractivity contribution is 7.89. The molecule has 1 heterocycles. The highest BCUT2D eigenvalue weighted by Gasteiger charge is 2.46. The lowest BCUT2D eigenvalue weighted by Crippen LogP contribution is -2.62. The molecule has 1 aliphatic heterocycles. The number of amides is 1. The molecular weight excluding hydrogens is 282 g/mol. The topological polar surface area (TPSA) is 127 Å². The van der Waals surface area contributed by atoms with E-state index in [0.29, 0.717) is 6.42 Å². The molecule has 0 aliphatic carbocycles. The summed E-state index contributed by atoms with van der Waals surface area (Å²) in [6, 6.07) is 3.81. The lowest BCUT2D eigenvalue weighted by atomic mass is 9.94. The summed E-state index contributed by atoms with van der Waals surface area (Å²) in [5, 5.41) is 9.89. The van der Waals surface area contributed by atoms with Crippen LogP contribution in [-0.2, 0) is 10.0 Å². The molecule has 5 N–H and O–H groups in total. The van der Waals surface area contributed by atoms with Gasteiger partial charge in [0.05, 0.1) is 11.3 Å². The minimum Gasteiger partial charge on any atom is -0.398 e. The SMILES string of the molecule is CCC1(O)CN(S(=O)(=O)c2ccc(C(N)=O)cc2N)C1. The monoisotopic (exact) mass is 299 g/mol. The summed E-state index contributed by atoms with van der Waals surface area (Å²) >= 11 is 0. The lowest BCUT2D eigenvalue weighted by molar-refractivity contribution is -0.0613. The number of nitrogens with zero attached hydrogens (tertiary/aromatic N) is 1. The summed E-state index contributed by atoms with van der Waals surface area (Å²) in [6.45, 7) is 1.88. The summed E-state index contributed by atoms with van der Waals surface area (Å²) in [7, 11) is -3.76. The molecule has 0 unspecified atom stereocenters. The Labute approximate surface area is 117 Å². The van der Waals surface area contributed by atoms with Crippen molar-refractivity contribution >= 4 is 21.6 Å². The van der Waals surface area contributed by atoms with Crippen LogP contribution in [0.1, 0.15) is 23.7 Å². The Bertz CT molecular complexity index is 651. The minimum absolute atomic E-state index is 0.0340. The molecule has 7 nitrogen and oxygen atoms in total. The van der Waals surface area contributed by atoms with E-state index < -0.39 is 21.5 Å². The van der Waals surface area contributed by atoms with Gasteiger partial charge in [-0.05, 0) is 24.6 Å². The van der Waals surface area contributed by atoms with E-state index in [1.807, 2.05) is 0 Å². The third kappa shape index (κ3) is 2.37. The molecule has 20 heavy (non-hydrogen) atoms. The number of sulfonamides is 1. The summed E-state index contributed by atoms with van der Waals surface area (Å²) < 4.78 is 25.8. The Kier molecular flexibility index (Phi) is 3.49. The molecule has 0 radical (unpaired) electrons. The van der Waals surface area contributed by atoms with Crippen LogP contribution in [0.3, 0.4) is 0 Å². The average molecular weight is 299 g/mol. The van der Waals surface area contributed by atoms with Crippen LogP contribution in [0.15, 0.2) is 23.1 Å². The largest absolute Gasteiger partial charge is 0.398 e. The van der Waals surface area contributed by atoms with Gasteiger partial charge >= 0.3 is 0 Å². The van der Waals surface area contributed by atoms with Crippen molar-refractivity contribution in [3.8, 4) is 0 Å². The molecule has 1 aromatic carbocycles. The molecule has 110 valence electrons. The number of β-amino-alcohol motifs (C(OH)–C–C–N with tert-alkyl or cyclic N) is 1. The van der Waals surface area contributed by atoms with Crippen LogP contribution in [0.5, 0.6) is 0 Å². The second kappa shape index (κ2) is 4.72. The predicted octanol–water partition coefficient (Wildman–Crippen LogP) is -0.487. The maximum Gasteiger partial charge on any atom is 0.248 e. The van der Waals surface area contributed by atoms with Crippen LogP contribution < -0.4 is 11.5 Å². The van der Waals surface area contributed by atoms with Crippen LogP contribution in [0, 0.1) is 0 Å².